The van der Waals surface area contributed by atoms with Crippen LogP contribution in [0.15, 0.2) is 24.4 Å². The molecule has 0 amide bonds. The van der Waals surface area contributed by atoms with Gasteiger partial charge in [0.2, 0.25) is 0 Å². The molecule has 0 aliphatic rings. The molecule has 3 heteroatoms. The molecule has 0 radical (unpaired) electrons. The van der Waals surface area contributed by atoms with Gasteiger partial charge in [-0.3, -0.25) is 0 Å². The third kappa shape index (κ3) is 2.08. The van der Waals surface area contributed by atoms with Crippen molar-refractivity contribution < 1.29 is 5.11 Å². The smallest absolute Gasteiger partial charge is 0.0498 e. The van der Waals surface area contributed by atoms with Crippen molar-refractivity contribution in [3.05, 3.63) is 35.0 Å². The van der Waals surface area contributed by atoms with Crippen LogP contribution in [0.4, 0.5) is 0 Å². The van der Waals surface area contributed by atoms with Gasteiger partial charge in [0.05, 0.1) is 0 Å². The van der Waals surface area contributed by atoms with Gasteiger partial charge in [-0.25, -0.2) is 0 Å². The molecule has 2 nitrogen and oxygen atoms in total. The zero-order chi connectivity index (χ0) is 11.5. The van der Waals surface area contributed by atoms with Gasteiger partial charge in [-0.2, -0.15) is 0 Å². The Morgan fingerprint density at radius 2 is 2.19 bits per heavy atom. The average Bonchev–Trinajstić information content (AvgIpc) is 2.64. The van der Waals surface area contributed by atoms with Crippen LogP contribution in [0.25, 0.3) is 10.9 Å². The first-order chi connectivity index (χ1) is 7.76. The largest absolute Gasteiger partial charge is 0.396 e. The van der Waals surface area contributed by atoms with Crippen molar-refractivity contribution in [2.24, 2.45) is 0 Å². The van der Waals surface area contributed by atoms with Crippen molar-refractivity contribution >= 4 is 22.5 Å². The zero-order valence-electron chi connectivity index (χ0n) is 9.41. The van der Waals surface area contributed by atoms with Gasteiger partial charge in [0.25, 0.3) is 0 Å². The summed E-state index contributed by atoms with van der Waals surface area (Å²) >= 11 is 6.01. The van der Waals surface area contributed by atoms with Crippen LogP contribution in [0.1, 0.15) is 18.9 Å². The molecule has 0 fully saturated rings. The Kier molecular flexibility index (Phi) is 3.52. The van der Waals surface area contributed by atoms with E-state index < -0.39 is 0 Å². The molecule has 0 aliphatic heterocycles. The highest BCUT2D eigenvalue weighted by Gasteiger charge is 2.07. The van der Waals surface area contributed by atoms with Crippen molar-refractivity contribution in [2.45, 2.75) is 26.3 Å². The number of fused-ring (bicyclic) bond motifs is 1. The van der Waals surface area contributed by atoms with Crippen molar-refractivity contribution in [1.82, 2.24) is 4.57 Å². The minimum atomic E-state index is 0.224. The highest BCUT2D eigenvalue weighted by Crippen LogP contribution is 2.25. The summed E-state index contributed by atoms with van der Waals surface area (Å²) in [6.45, 7) is 3.22. The second-order valence-electron chi connectivity index (χ2n) is 3.94. The standard InChI is InChI=1S/C13H16ClNO/c1-2-10-9-15(6-3-7-16)13-8-11(14)4-5-12(10)13/h4-5,8-9,16H,2-3,6-7H2,1H3. The van der Waals surface area contributed by atoms with Gasteiger partial charge in [-0.05, 0) is 30.5 Å². The second kappa shape index (κ2) is 4.89. The van der Waals surface area contributed by atoms with E-state index in [4.69, 9.17) is 16.7 Å². The molecule has 0 atom stereocenters. The van der Waals surface area contributed by atoms with Gasteiger partial charge in [0, 0.05) is 35.3 Å². The first kappa shape index (κ1) is 11.5. The molecule has 2 rings (SSSR count). The normalized spacial score (nSPS) is 11.2. The number of hydrogen-bond acceptors (Lipinski definition) is 1. The summed E-state index contributed by atoms with van der Waals surface area (Å²) in [6.07, 6.45) is 3.96. The minimum Gasteiger partial charge on any atom is -0.396 e. The fraction of sp³-hybridized carbons (Fsp3) is 0.385. The number of aliphatic hydroxyl groups excluding tert-OH is 1. The third-order valence-electron chi connectivity index (χ3n) is 2.86. The molecular weight excluding hydrogens is 222 g/mol. The summed E-state index contributed by atoms with van der Waals surface area (Å²) in [4.78, 5) is 0. The lowest BCUT2D eigenvalue weighted by Gasteiger charge is -2.03. The Morgan fingerprint density at radius 1 is 1.38 bits per heavy atom. The molecule has 86 valence electrons. The molecule has 1 heterocycles. The van der Waals surface area contributed by atoms with Gasteiger partial charge in [-0.1, -0.05) is 24.6 Å². The predicted molar refractivity (Wildman–Crippen MR) is 68.0 cm³/mol. The monoisotopic (exact) mass is 237 g/mol. The number of aryl methyl sites for hydroxylation is 2. The molecule has 2 aromatic rings. The molecule has 1 aromatic heterocycles. The number of aromatic nitrogens is 1. The second-order valence-corrected chi connectivity index (χ2v) is 4.38. The Bertz CT molecular complexity index is 490. The van der Waals surface area contributed by atoms with Crippen LogP contribution >= 0.6 is 11.6 Å². The van der Waals surface area contributed by atoms with E-state index in [1.54, 1.807) is 0 Å². The van der Waals surface area contributed by atoms with Gasteiger partial charge >= 0.3 is 0 Å². The molecule has 0 saturated carbocycles. The maximum atomic E-state index is 8.88. The molecule has 0 bridgehead atoms. The van der Waals surface area contributed by atoms with Crippen molar-refractivity contribution in [3.8, 4) is 0 Å². The number of rotatable bonds is 4. The van der Waals surface area contributed by atoms with Crippen molar-refractivity contribution in [3.63, 3.8) is 0 Å². The fourth-order valence-electron chi connectivity index (χ4n) is 2.05. The lowest BCUT2D eigenvalue weighted by Crippen LogP contribution is -1.98. The highest BCUT2D eigenvalue weighted by atomic mass is 35.5. The minimum absolute atomic E-state index is 0.224. The Balaban J connectivity index is 2.50. The third-order valence-corrected chi connectivity index (χ3v) is 3.10. The molecule has 0 aliphatic carbocycles. The maximum Gasteiger partial charge on any atom is 0.0498 e. The number of aliphatic hydroxyl groups is 1. The molecule has 1 aromatic carbocycles. The Morgan fingerprint density at radius 3 is 2.88 bits per heavy atom. The van der Waals surface area contributed by atoms with E-state index in [9.17, 15) is 0 Å². The molecule has 16 heavy (non-hydrogen) atoms. The fourth-order valence-corrected chi connectivity index (χ4v) is 2.22. The van der Waals surface area contributed by atoms with E-state index in [-0.39, 0.29) is 6.61 Å². The number of hydrogen-bond donors (Lipinski definition) is 1. The van der Waals surface area contributed by atoms with E-state index >= 15 is 0 Å². The maximum absolute atomic E-state index is 8.88. The van der Waals surface area contributed by atoms with Gasteiger partial charge in [0.15, 0.2) is 0 Å². The van der Waals surface area contributed by atoms with Crippen LogP contribution < -0.4 is 0 Å². The summed E-state index contributed by atoms with van der Waals surface area (Å²) in [5.74, 6) is 0. The van der Waals surface area contributed by atoms with E-state index in [0.29, 0.717) is 0 Å². The van der Waals surface area contributed by atoms with Gasteiger partial charge in [-0.15, -0.1) is 0 Å². The predicted octanol–water partition coefficient (Wildman–Crippen LogP) is 3.24. The lowest BCUT2D eigenvalue weighted by molar-refractivity contribution is 0.280. The summed E-state index contributed by atoms with van der Waals surface area (Å²) in [6, 6.07) is 6.00. The Hall–Kier alpha value is -0.990. The highest BCUT2D eigenvalue weighted by molar-refractivity contribution is 6.31. The van der Waals surface area contributed by atoms with Crippen LogP contribution in [0.2, 0.25) is 5.02 Å². The quantitative estimate of drug-likeness (QED) is 0.868. The summed E-state index contributed by atoms with van der Waals surface area (Å²) in [7, 11) is 0. The first-order valence-electron chi connectivity index (χ1n) is 5.64. The summed E-state index contributed by atoms with van der Waals surface area (Å²) in [5, 5.41) is 10.9. The van der Waals surface area contributed by atoms with E-state index in [1.807, 2.05) is 12.1 Å². The number of benzene rings is 1. The average molecular weight is 238 g/mol. The number of nitrogens with zero attached hydrogens (tertiary/aromatic N) is 1. The van der Waals surface area contributed by atoms with E-state index in [2.05, 4.69) is 23.8 Å². The van der Waals surface area contributed by atoms with Crippen LogP contribution in [0.3, 0.4) is 0 Å². The van der Waals surface area contributed by atoms with E-state index in [0.717, 1.165) is 29.9 Å². The molecule has 0 saturated heterocycles. The van der Waals surface area contributed by atoms with Crippen LogP contribution in [-0.4, -0.2) is 16.3 Å². The lowest BCUT2D eigenvalue weighted by atomic mass is 10.1. The molecule has 1 N–H and O–H groups in total. The summed E-state index contributed by atoms with van der Waals surface area (Å²) in [5.41, 5.74) is 2.50. The van der Waals surface area contributed by atoms with Crippen molar-refractivity contribution in [1.29, 1.82) is 0 Å². The SMILES string of the molecule is CCc1cn(CCCO)c2cc(Cl)ccc12. The van der Waals surface area contributed by atoms with Crippen LogP contribution in [-0.2, 0) is 13.0 Å². The molecule has 0 unspecified atom stereocenters. The molecular formula is C13H16ClNO. The summed E-state index contributed by atoms with van der Waals surface area (Å²) < 4.78 is 2.18. The zero-order valence-corrected chi connectivity index (χ0v) is 10.2. The van der Waals surface area contributed by atoms with Crippen LogP contribution in [0, 0.1) is 0 Å². The van der Waals surface area contributed by atoms with E-state index in [1.165, 1.54) is 10.9 Å². The van der Waals surface area contributed by atoms with Crippen LogP contribution in [0.5, 0.6) is 0 Å². The van der Waals surface area contributed by atoms with Gasteiger partial charge < -0.3 is 9.67 Å². The first-order valence-corrected chi connectivity index (χ1v) is 6.02. The number of halogens is 1. The molecule has 0 spiro atoms. The Labute approximate surface area is 100 Å². The van der Waals surface area contributed by atoms with Crippen molar-refractivity contribution in [2.75, 3.05) is 6.61 Å². The topological polar surface area (TPSA) is 25.2 Å². The van der Waals surface area contributed by atoms with Gasteiger partial charge in [0.1, 0.15) is 0 Å².